The summed E-state index contributed by atoms with van der Waals surface area (Å²) in [5.74, 6) is 0.223. The van der Waals surface area contributed by atoms with Crippen molar-refractivity contribution in [2.75, 3.05) is 31.6 Å². The summed E-state index contributed by atoms with van der Waals surface area (Å²) in [5.41, 5.74) is 0.213. The van der Waals surface area contributed by atoms with Crippen LogP contribution < -0.4 is 10.4 Å². The molecule has 0 saturated carbocycles. The molecule has 0 amide bonds. The molecule has 0 radical (unpaired) electrons. The van der Waals surface area contributed by atoms with E-state index in [9.17, 15) is 14.3 Å². The Balaban J connectivity index is 2.16. The number of carbonyl (C=O) groups is 1. The van der Waals surface area contributed by atoms with Crippen molar-refractivity contribution in [1.82, 2.24) is 14.6 Å². The highest BCUT2D eigenvalue weighted by atomic mass is 31.2. The van der Waals surface area contributed by atoms with Crippen LogP contribution in [0.2, 0.25) is 0 Å². The van der Waals surface area contributed by atoms with Crippen LogP contribution in [0.1, 0.15) is 37.3 Å². The number of anilines is 1. The predicted octanol–water partition coefficient (Wildman–Crippen LogP) is 1.39. The Labute approximate surface area is 135 Å². The van der Waals surface area contributed by atoms with Gasteiger partial charge in [0.2, 0.25) is 5.95 Å². The minimum atomic E-state index is -3.82. The van der Waals surface area contributed by atoms with Crippen LogP contribution in [-0.2, 0) is 13.8 Å². The average molecular weight is 346 g/mol. The summed E-state index contributed by atoms with van der Waals surface area (Å²) in [4.78, 5) is 25.7. The highest BCUT2D eigenvalue weighted by Crippen LogP contribution is 2.38. The van der Waals surface area contributed by atoms with Gasteiger partial charge in [0, 0.05) is 19.3 Å². The van der Waals surface area contributed by atoms with Gasteiger partial charge in [0.25, 0.3) is 0 Å². The Bertz CT molecular complexity index is 605. The second-order valence-corrected chi connectivity index (χ2v) is 6.92. The van der Waals surface area contributed by atoms with Gasteiger partial charge >= 0.3 is 13.7 Å². The molecule has 0 saturated heterocycles. The molecule has 0 aliphatic carbocycles. The number of aromatic nitrogens is 2. The van der Waals surface area contributed by atoms with Crippen molar-refractivity contribution in [2.24, 2.45) is 5.92 Å². The van der Waals surface area contributed by atoms with E-state index in [1.807, 2.05) is 6.92 Å². The van der Waals surface area contributed by atoms with Crippen molar-refractivity contribution in [1.29, 1.82) is 0 Å². The maximum atomic E-state index is 11.8. The van der Waals surface area contributed by atoms with Gasteiger partial charge in [-0.15, -0.1) is 0 Å². The Morgan fingerprint density at radius 1 is 1.57 bits per heavy atom. The molecule has 0 bridgehead atoms. The van der Waals surface area contributed by atoms with Crippen LogP contribution in [-0.4, -0.2) is 46.7 Å². The van der Waals surface area contributed by atoms with Crippen molar-refractivity contribution in [3.63, 3.8) is 0 Å². The van der Waals surface area contributed by atoms with Gasteiger partial charge in [-0.1, -0.05) is 6.92 Å². The van der Waals surface area contributed by atoms with Crippen LogP contribution in [0.4, 0.5) is 5.95 Å². The third-order valence-electron chi connectivity index (χ3n) is 3.62. The molecule has 23 heavy (non-hydrogen) atoms. The number of hydrogen-bond acceptors (Lipinski definition) is 6. The van der Waals surface area contributed by atoms with Gasteiger partial charge in [-0.05, 0) is 19.8 Å². The molecule has 1 aliphatic rings. The summed E-state index contributed by atoms with van der Waals surface area (Å²) in [7, 11) is -3.82. The minimum Gasteiger partial charge on any atom is -0.461 e. The first kappa shape index (κ1) is 17.9. The number of nitrogens with one attached hydrogen (secondary N) is 2. The van der Waals surface area contributed by atoms with E-state index in [1.54, 1.807) is 24.6 Å². The minimum absolute atomic E-state index is 0.136. The van der Waals surface area contributed by atoms with E-state index in [4.69, 9.17) is 9.26 Å². The van der Waals surface area contributed by atoms with E-state index in [0.29, 0.717) is 12.5 Å². The smallest absolute Gasteiger partial charge is 0.402 e. The Kier molecular flexibility index (Phi) is 5.80. The first-order chi connectivity index (χ1) is 10.9. The molecule has 10 heteroatoms. The van der Waals surface area contributed by atoms with E-state index in [2.05, 4.69) is 15.4 Å². The zero-order valence-electron chi connectivity index (χ0n) is 13.5. The van der Waals surface area contributed by atoms with Crippen molar-refractivity contribution < 1.29 is 23.5 Å². The van der Waals surface area contributed by atoms with Gasteiger partial charge in [0.05, 0.1) is 19.3 Å². The van der Waals surface area contributed by atoms with E-state index in [1.165, 1.54) is 0 Å². The van der Waals surface area contributed by atoms with Crippen LogP contribution in [0, 0.1) is 5.92 Å². The molecule has 1 aliphatic heterocycles. The first-order valence-electron chi connectivity index (χ1n) is 7.60. The van der Waals surface area contributed by atoms with Gasteiger partial charge in [-0.3, -0.25) is 4.52 Å². The van der Waals surface area contributed by atoms with Crippen LogP contribution in [0.3, 0.4) is 0 Å². The Hall–Kier alpha value is -1.41. The molecule has 1 aromatic rings. The molecule has 0 spiro atoms. The van der Waals surface area contributed by atoms with Crippen LogP contribution in [0.25, 0.3) is 0 Å². The fourth-order valence-electron chi connectivity index (χ4n) is 2.47. The number of hydrogen-bond donors (Lipinski definition) is 3. The van der Waals surface area contributed by atoms with Crippen LogP contribution >= 0.6 is 7.75 Å². The molecule has 130 valence electrons. The van der Waals surface area contributed by atoms with Crippen molar-refractivity contribution in [2.45, 2.75) is 26.8 Å². The lowest BCUT2D eigenvalue weighted by Gasteiger charge is -2.32. The van der Waals surface area contributed by atoms with Crippen LogP contribution in [0.5, 0.6) is 0 Å². The summed E-state index contributed by atoms with van der Waals surface area (Å²) in [6.45, 7) is 6.68. The van der Waals surface area contributed by atoms with Gasteiger partial charge in [0.15, 0.2) is 5.69 Å². The van der Waals surface area contributed by atoms with E-state index < -0.39 is 13.7 Å². The number of ether oxygens (including phenoxy) is 1. The maximum absolute atomic E-state index is 11.8. The zero-order valence-corrected chi connectivity index (χ0v) is 14.4. The fraction of sp³-hybridized carbons (Fsp3) is 0.692. The largest absolute Gasteiger partial charge is 0.461 e. The molecule has 3 atom stereocenters. The van der Waals surface area contributed by atoms with Crippen molar-refractivity contribution in [3.05, 3.63) is 11.9 Å². The normalized spacial score (nSPS) is 22.8. The molecular formula is C13H23N4O5P. The lowest BCUT2D eigenvalue weighted by molar-refractivity contribution is 0.0520. The number of esters is 1. The van der Waals surface area contributed by atoms with Gasteiger partial charge in [0.1, 0.15) is 0 Å². The fourth-order valence-corrected chi connectivity index (χ4v) is 3.33. The Morgan fingerprint density at radius 2 is 2.30 bits per heavy atom. The highest BCUT2D eigenvalue weighted by molar-refractivity contribution is 7.50. The summed E-state index contributed by atoms with van der Waals surface area (Å²) < 4.78 is 23.3. The maximum Gasteiger partial charge on any atom is 0.402 e. The second-order valence-electron chi connectivity index (χ2n) is 5.30. The molecule has 3 N–H and O–H groups in total. The summed E-state index contributed by atoms with van der Waals surface area (Å²) >= 11 is 0. The molecule has 9 nitrogen and oxygen atoms in total. The summed E-state index contributed by atoms with van der Waals surface area (Å²) in [6.07, 6.45) is 1.60. The average Bonchev–Trinajstić information content (AvgIpc) is 2.90. The SMILES string of the molecule is CCOC(=O)c1cn2c(n1)NCC(C)C2CNP(=O)(O)OCC. The summed E-state index contributed by atoms with van der Waals surface area (Å²) in [6, 6.07) is -0.136. The standard InChI is InChI=1S/C13H23N4O5P/c1-4-21-12(18)10-8-17-11(7-15-23(19,20)22-5-2)9(3)6-14-13(17)16-10/h8-9,11H,4-7H2,1-3H3,(H,14,16)(H2,15,19,20). The van der Waals surface area contributed by atoms with Crippen molar-refractivity contribution >= 4 is 19.7 Å². The lowest BCUT2D eigenvalue weighted by Crippen LogP contribution is -2.36. The third-order valence-corrected chi connectivity index (χ3v) is 4.81. The predicted molar refractivity (Wildman–Crippen MR) is 84.3 cm³/mol. The van der Waals surface area contributed by atoms with Gasteiger partial charge < -0.3 is 19.5 Å². The molecule has 0 fully saturated rings. The zero-order chi connectivity index (χ0) is 17.0. The molecule has 0 aromatic carbocycles. The molecule has 2 rings (SSSR count). The molecular weight excluding hydrogens is 323 g/mol. The van der Waals surface area contributed by atoms with Crippen molar-refractivity contribution in [3.8, 4) is 0 Å². The van der Waals surface area contributed by atoms with Crippen LogP contribution in [0.15, 0.2) is 6.20 Å². The number of nitrogens with zero attached hydrogens (tertiary/aromatic N) is 2. The monoisotopic (exact) mass is 346 g/mol. The quantitative estimate of drug-likeness (QED) is 0.501. The third kappa shape index (κ3) is 4.32. The number of imidazole rings is 1. The molecule has 1 aromatic heterocycles. The number of fused-ring (bicyclic) bond motifs is 1. The van der Waals surface area contributed by atoms with E-state index in [0.717, 1.165) is 0 Å². The molecule has 3 unspecified atom stereocenters. The van der Waals surface area contributed by atoms with Gasteiger partial charge in [-0.2, -0.15) is 0 Å². The summed E-state index contributed by atoms with van der Waals surface area (Å²) in [5, 5.41) is 5.70. The lowest BCUT2D eigenvalue weighted by atomic mass is 10.0. The first-order valence-corrected chi connectivity index (χ1v) is 9.18. The van der Waals surface area contributed by atoms with Gasteiger partial charge in [-0.25, -0.2) is 19.4 Å². The number of rotatable bonds is 7. The highest BCUT2D eigenvalue weighted by Gasteiger charge is 2.31. The topological polar surface area (TPSA) is 115 Å². The number of carbonyl (C=O) groups excluding carboxylic acids is 1. The Morgan fingerprint density at radius 3 is 2.96 bits per heavy atom. The van der Waals surface area contributed by atoms with E-state index in [-0.39, 0.29) is 37.4 Å². The molecule has 2 heterocycles. The van der Waals surface area contributed by atoms with E-state index >= 15 is 0 Å². The second kappa shape index (κ2) is 7.44.